The molecule has 0 aliphatic heterocycles. The van der Waals surface area contributed by atoms with Crippen molar-refractivity contribution in [1.29, 1.82) is 5.26 Å². The van der Waals surface area contributed by atoms with E-state index in [4.69, 9.17) is 20.5 Å². The monoisotopic (exact) mass is 367 g/mol. The van der Waals surface area contributed by atoms with Crippen LogP contribution in [0, 0.1) is 25.2 Å². The molecular formula is C19H14ClN3O3. The van der Waals surface area contributed by atoms with E-state index in [1.165, 1.54) is 6.08 Å². The van der Waals surface area contributed by atoms with E-state index >= 15 is 0 Å². The number of benzene rings is 1. The minimum atomic E-state index is -0.600. The lowest BCUT2D eigenvalue weighted by molar-refractivity contribution is -0.112. The zero-order chi connectivity index (χ0) is 18.7. The number of anilines is 1. The van der Waals surface area contributed by atoms with Gasteiger partial charge in [-0.1, -0.05) is 28.9 Å². The molecule has 0 fully saturated rings. The molecule has 0 saturated carbocycles. The highest BCUT2D eigenvalue weighted by Crippen LogP contribution is 2.27. The lowest BCUT2D eigenvalue weighted by Crippen LogP contribution is -2.13. The molecular weight excluding hydrogens is 354 g/mol. The van der Waals surface area contributed by atoms with Crippen LogP contribution >= 0.6 is 11.6 Å². The number of carbonyl (C=O) groups is 1. The van der Waals surface area contributed by atoms with Crippen molar-refractivity contribution in [2.75, 3.05) is 5.32 Å². The average molecular weight is 368 g/mol. The highest BCUT2D eigenvalue weighted by molar-refractivity contribution is 6.31. The van der Waals surface area contributed by atoms with Gasteiger partial charge in [-0.05, 0) is 37.6 Å². The lowest BCUT2D eigenvalue weighted by Gasteiger charge is -2.01. The molecule has 130 valence electrons. The normalized spacial score (nSPS) is 11.2. The molecule has 1 aromatic carbocycles. The summed E-state index contributed by atoms with van der Waals surface area (Å²) in [5.74, 6) is 1.15. The van der Waals surface area contributed by atoms with Gasteiger partial charge in [0.25, 0.3) is 5.91 Å². The second-order valence-electron chi connectivity index (χ2n) is 5.61. The van der Waals surface area contributed by atoms with Crippen LogP contribution in [0.25, 0.3) is 17.4 Å². The summed E-state index contributed by atoms with van der Waals surface area (Å²) in [7, 11) is 0. The zero-order valence-corrected chi connectivity index (χ0v) is 14.8. The van der Waals surface area contributed by atoms with Crippen LogP contribution in [0.5, 0.6) is 0 Å². The number of halogens is 1. The van der Waals surface area contributed by atoms with Gasteiger partial charge in [-0.25, -0.2) is 0 Å². The first kappa shape index (κ1) is 17.5. The number of nitrogens with zero attached hydrogens (tertiary/aromatic N) is 2. The third-order valence-electron chi connectivity index (χ3n) is 3.60. The highest BCUT2D eigenvalue weighted by atomic mass is 35.5. The molecule has 7 heteroatoms. The minimum absolute atomic E-state index is 0.117. The third kappa shape index (κ3) is 3.85. The number of nitrogens with one attached hydrogen (secondary N) is 1. The van der Waals surface area contributed by atoms with Crippen molar-refractivity contribution in [3.8, 4) is 17.4 Å². The summed E-state index contributed by atoms with van der Waals surface area (Å²) in [6, 6.07) is 12.4. The first-order valence-electron chi connectivity index (χ1n) is 7.69. The van der Waals surface area contributed by atoms with E-state index in [1.807, 2.05) is 25.1 Å². The second-order valence-corrected chi connectivity index (χ2v) is 6.02. The van der Waals surface area contributed by atoms with Crippen LogP contribution in [-0.2, 0) is 4.79 Å². The Bertz CT molecular complexity index is 1040. The summed E-state index contributed by atoms with van der Waals surface area (Å²) >= 11 is 6.13. The fourth-order valence-electron chi connectivity index (χ4n) is 2.23. The van der Waals surface area contributed by atoms with Crippen LogP contribution in [-0.4, -0.2) is 11.1 Å². The molecule has 0 saturated heterocycles. The Balaban J connectivity index is 1.81. The van der Waals surface area contributed by atoms with Gasteiger partial charge in [-0.15, -0.1) is 0 Å². The number of furan rings is 1. The van der Waals surface area contributed by atoms with Gasteiger partial charge < -0.3 is 14.3 Å². The Morgan fingerprint density at radius 3 is 2.73 bits per heavy atom. The molecule has 0 aliphatic carbocycles. The molecule has 0 radical (unpaired) electrons. The Kier molecular flexibility index (Phi) is 4.92. The van der Waals surface area contributed by atoms with Crippen molar-refractivity contribution in [2.45, 2.75) is 13.8 Å². The average Bonchev–Trinajstić information content (AvgIpc) is 3.24. The predicted octanol–water partition coefficient (Wildman–Crippen LogP) is 4.75. The van der Waals surface area contributed by atoms with Crippen LogP contribution < -0.4 is 5.32 Å². The first-order chi connectivity index (χ1) is 12.5. The summed E-state index contributed by atoms with van der Waals surface area (Å²) in [4.78, 5) is 12.2. The van der Waals surface area contributed by atoms with Crippen molar-refractivity contribution in [2.24, 2.45) is 0 Å². The Morgan fingerprint density at radius 2 is 2.08 bits per heavy atom. The summed E-state index contributed by atoms with van der Waals surface area (Å²) in [6.45, 7) is 3.61. The Labute approximate surface area is 154 Å². The maximum Gasteiger partial charge on any atom is 0.267 e. The van der Waals surface area contributed by atoms with Crippen molar-refractivity contribution in [3.05, 3.63) is 64.1 Å². The molecule has 26 heavy (non-hydrogen) atoms. The molecule has 0 atom stereocenters. The fourth-order valence-corrected chi connectivity index (χ4v) is 2.41. The summed E-state index contributed by atoms with van der Waals surface area (Å²) in [5, 5.41) is 16.0. The van der Waals surface area contributed by atoms with E-state index in [0.29, 0.717) is 22.3 Å². The van der Waals surface area contributed by atoms with E-state index in [9.17, 15) is 10.1 Å². The van der Waals surface area contributed by atoms with Crippen LogP contribution in [0.3, 0.4) is 0 Å². The third-order valence-corrected chi connectivity index (χ3v) is 4.01. The van der Waals surface area contributed by atoms with Gasteiger partial charge in [0.05, 0.1) is 0 Å². The number of amides is 1. The van der Waals surface area contributed by atoms with E-state index in [2.05, 4.69) is 10.5 Å². The fraction of sp³-hybridized carbons (Fsp3) is 0.105. The quantitative estimate of drug-likeness (QED) is 0.530. The van der Waals surface area contributed by atoms with Gasteiger partial charge in [0.15, 0.2) is 5.82 Å². The van der Waals surface area contributed by atoms with Gasteiger partial charge in [0.1, 0.15) is 28.9 Å². The summed E-state index contributed by atoms with van der Waals surface area (Å²) in [5.41, 5.74) is 1.66. The number of hydrogen-bond donors (Lipinski definition) is 1. The Hall–Kier alpha value is -3.30. The van der Waals surface area contributed by atoms with Crippen molar-refractivity contribution < 1.29 is 13.7 Å². The number of aryl methyl sites for hydroxylation is 2. The van der Waals surface area contributed by atoms with Crippen molar-refractivity contribution in [1.82, 2.24) is 5.16 Å². The Morgan fingerprint density at radius 1 is 1.27 bits per heavy atom. The number of rotatable bonds is 4. The molecule has 3 rings (SSSR count). The predicted molar refractivity (Wildman–Crippen MR) is 97.4 cm³/mol. The van der Waals surface area contributed by atoms with E-state index in [-0.39, 0.29) is 11.4 Å². The number of carbonyl (C=O) groups excluding carboxylic acids is 1. The topological polar surface area (TPSA) is 92.1 Å². The van der Waals surface area contributed by atoms with E-state index < -0.39 is 5.91 Å². The molecule has 6 nitrogen and oxygen atoms in total. The van der Waals surface area contributed by atoms with Crippen LogP contribution in [0.2, 0.25) is 5.02 Å². The minimum Gasteiger partial charge on any atom is -0.457 e. The van der Waals surface area contributed by atoms with Gasteiger partial charge in [-0.2, -0.15) is 5.26 Å². The SMILES string of the molecule is Cc1cc(NC(=O)/C(C#N)=C\c2ccc(-c3ccc(C)c(Cl)c3)o2)no1. The largest absolute Gasteiger partial charge is 0.457 e. The van der Waals surface area contributed by atoms with E-state index in [0.717, 1.165) is 11.1 Å². The maximum absolute atomic E-state index is 12.2. The molecule has 0 bridgehead atoms. The highest BCUT2D eigenvalue weighted by Gasteiger charge is 2.13. The maximum atomic E-state index is 12.2. The smallest absolute Gasteiger partial charge is 0.267 e. The molecule has 0 aliphatic rings. The zero-order valence-electron chi connectivity index (χ0n) is 14.0. The number of aromatic nitrogens is 1. The van der Waals surface area contributed by atoms with Crippen molar-refractivity contribution >= 4 is 29.4 Å². The number of hydrogen-bond acceptors (Lipinski definition) is 5. The van der Waals surface area contributed by atoms with Gasteiger partial charge in [0, 0.05) is 22.7 Å². The molecule has 3 aromatic rings. The molecule has 1 N–H and O–H groups in total. The summed E-state index contributed by atoms with van der Waals surface area (Å²) in [6.07, 6.45) is 1.36. The first-order valence-corrected chi connectivity index (χ1v) is 8.07. The van der Waals surface area contributed by atoms with Crippen molar-refractivity contribution in [3.63, 3.8) is 0 Å². The molecule has 0 unspecified atom stereocenters. The number of nitriles is 1. The lowest BCUT2D eigenvalue weighted by atomic mass is 10.1. The molecule has 1 amide bonds. The molecule has 2 heterocycles. The van der Waals surface area contributed by atoms with Crippen LogP contribution in [0.4, 0.5) is 5.82 Å². The summed E-state index contributed by atoms with van der Waals surface area (Å²) < 4.78 is 10.6. The van der Waals surface area contributed by atoms with Gasteiger partial charge in [-0.3, -0.25) is 4.79 Å². The molecule has 2 aromatic heterocycles. The second kappa shape index (κ2) is 7.30. The molecule has 0 spiro atoms. The van der Waals surface area contributed by atoms with E-state index in [1.54, 1.807) is 31.2 Å². The van der Waals surface area contributed by atoms with Gasteiger partial charge >= 0.3 is 0 Å². The standard InChI is InChI=1S/C19H14ClN3O3/c1-11-3-4-13(9-16(11)20)17-6-5-15(25-17)8-14(10-21)19(24)22-18-7-12(2)26-23-18/h3-9H,1-2H3,(H,22,23,24)/b14-8-. The van der Waals surface area contributed by atoms with Gasteiger partial charge in [0.2, 0.25) is 0 Å². The van der Waals surface area contributed by atoms with Crippen LogP contribution in [0.1, 0.15) is 17.1 Å². The van der Waals surface area contributed by atoms with Crippen LogP contribution in [0.15, 0.2) is 50.9 Å².